The number of nitrogens with zero attached hydrogens (tertiary/aromatic N) is 1. The van der Waals surface area contributed by atoms with Gasteiger partial charge in [-0.15, -0.1) is 0 Å². The van der Waals surface area contributed by atoms with Gasteiger partial charge < -0.3 is 15.7 Å². The zero-order valence-electron chi connectivity index (χ0n) is 20.6. The number of carboxylic acids is 1. The van der Waals surface area contributed by atoms with E-state index < -0.39 is 5.97 Å². The van der Waals surface area contributed by atoms with E-state index in [9.17, 15) is 9.59 Å². The van der Waals surface area contributed by atoms with Gasteiger partial charge in [0.05, 0.1) is 17.0 Å². The Balaban J connectivity index is 1.46. The highest BCUT2D eigenvalue weighted by Crippen LogP contribution is 2.39. The quantitative estimate of drug-likeness (QED) is 0.308. The molecule has 2 heterocycles. The van der Waals surface area contributed by atoms with Crippen LogP contribution >= 0.6 is 11.6 Å². The molecule has 0 unspecified atom stereocenters. The molecular weight excluding hydrogens is 486 g/mol. The zero-order valence-corrected chi connectivity index (χ0v) is 21.4. The van der Waals surface area contributed by atoms with Crippen LogP contribution in [0.2, 0.25) is 5.02 Å². The number of piperidine rings is 1. The molecule has 3 aromatic rings. The Morgan fingerprint density at radius 1 is 0.946 bits per heavy atom. The van der Waals surface area contributed by atoms with Crippen LogP contribution in [0.25, 0.3) is 11.3 Å². The molecule has 190 valence electrons. The first-order valence-electron chi connectivity index (χ1n) is 12.7. The summed E-state index contributed by atoms with van der Waals surface area (Å²) in [7, 11) is 0. The van der Waals surface area contributed by atoms with Gasteiger partial charge in [0.1, 0.15) is 0 Å². The van der Waals surface area contributed by atoms with Gasteiger partial charge in [0, 0.05) is 29.2 Å². The topological polar surface area (TPSA) is 81.7 Å². The van der Waals surface area contributed by atoms with Gasteiger partial charge in [-0.05, 0) is 73.3 Å². The summed E-state index contributed by atoms with van der Waals surface area (Å²) >= 11 is 6.17. The lowest BCUT2D eigenvalue weighted by Gasteiger charge is -2.26. The summed E-state index contributed by atoms with van der Waals surface area (Å²) < 4.78 is 0. The molecule has 0 aliphatic carbocycles. The van der Waals surface area contributed by atoms with Crippen molar-refractivity contribution in [3.8, 4) is 0 Å². The third-order valence-corrected chi connectivity index (χ3v) is 7.16. The van der Waals surface area contributed by atoms with Crippen LogP contribution in [0.4, 0.5) is 11.4 Å². The number of benzene rings is 3. The molecule has 0 saturated carbocycles. The number of carbonyl (C=O) groups is 2. The molecule has 3 aromatic carbocycles. The molecule has 5 rings (SSSR count). The van der Waals surface area contributed by atoms with E-state index in [4.69, 9.17) is 16.7 Å². The Labute approximate surface area is 222 Å². The third-order valence-electron chi connectivity index (χ3n) is 6.92. The van der Waals surface area contributed by atoms with Crippen molar-refractivity contribution in [2.75, 3.05) is 23.7 Å². The fourth-order valence-corrected chi connectivity index (χ4v) is 5.15. The molecule has 7 heteroatoms. The number of amides is 1. The van der Waals surface area contributed by atoms with Gasteiger partial charge in [-0.25, -0.2) is 0 Å². The summed E-state index contributed by atoms with van der Waals surface area (Å²) in [4.78, 5) is 26.6. The molecule has 1 amide bonds. The summed E-state index contributed by atoms with van der Waals surface area (Å²) in [5.41, 5.74) is 6.62. The highest BCUT2D eigenvalue weighted by Gasteiger charge is 2.28. The zero-order chi connectivity index (χ0) is 25.8. The standard InChI is InChI=1S/C30H30ClN3O3/c31-23-11-14-25-26(18-23)33-30(37)28(25)29(22-9-4-20(5-10-22)8-15-27(35)36)32-24-12-6-21(7-13-24)19-34-16-2-1-3-17-34/h4-7,9-14,18,32H,1-3,8,15-17,19H2,(H,33,37)(H,35,36)/b29-28-. The first kappa shape index (κ1) is 25.1. The van der Waals surface area contributed by atoms with Crippen molar-refractivity contribution in [1.82, 2.24) is 4.90 Å². The van der Waals surface area contributed by atoms with Gasteiger partial charge in [-0.3, -0.25) is 14.5 Å². The number of hydrogen-bond acceptors (Lipinski definition) is 4. The molecule has 0 atom stereocenters. The lowest BCUT2D eigenvalue weighted by molar-refractivity contribution is -0.137. The molecule has 6 nitrogen and oxygen atoms in total. The molecule has 1 fully saturated rings. The highest BCUT2D eigenvalue weighted by atomic mass is 35.5. The molecule has 0 radical (unpaired) electrons. The van der Waals surface area contributed by atoms with Gasteiger partial charge in [0.25, 0.3) is 5.91 Å². The number of fused-ring (bicyclic) bond motifs is 1. The van der Waals surface area contributed by atoms with E-state index in [2.05, 4.69) is 39.8 Å². The number of hydrogen-bond donors (Lipinski definition) is 3. The molecule has 2 aliphatic rings. The van der Waals surface area contributed by atoms with Crippen LogP contribution in [0.1, 0.15) is 47.9 Å². The minimum atomic E-state index is -0.824. The summed E-state index contributed by atoms with van der Waals surface area (Å²) in [5.74, 6) is -1.02. The van der Waals surface area contributed by atoms with Crippen molar-refractivity contribution < 1.29 is 14.7 Å². The minimum Gasteiger partial charge on any atom is -0.481 e. The summed E-state index contributed by atoms with van der Waals surface area (Å²) in [5, 5.41) is 16.0. The molecular formula is C30H30ClN3O3. The molecule has 0 aromatic heterocycles. The lowest BCUT2D eigenvalue weighted by atomic mass is 9.98. The van der Waals surface area contributed by atoms with Gasteiger partial charge in [0.15, 0.2) is 0 Å². The first-order valence-corrected chi connectivity index (χ1v) is 13.1. The van der Waals surface area contributed by atoms with E-state index in [-0.39, 0.29) is 12.3 Å². The fraction of sp³-hybridized carbons (Fsp3) is 0.267. The molecule has 0 spiro atoms. The Morgan fingerprint density at radius 3 is 2.35 bits per heavy atom. The lowest BCUT2D eigenvalue weighted by Crippen LogP contribution is -2.29. The van der Waals surface area contributed by atoms with Crippen molar-refractivity contribution in [3.05, 3.63) is 94.0 Å². The maximum absolute atomic E-state index is 13.1. The van der Waals surface area contributed by atoms with Gasteiger partial charge in [-0.1, -0.05) is 60.5 Å². The second kappa shape index (κ2) is 11.2. The van der Waals surface area contributed by atoms with Crippen molar-refractivity contribution in [3.63, 3.8) is 0 Å². The van der Waals surface area contributed by atoms with Crippen LogP contribution in [-0.2, 0) is 22.6 Å². The van der Waals surface area contributed by atoms with Gasteiger partial charge in [-0.2, -0.15) is 0 Å². The number of rotatable bonds is 8. The number of anilines is 2. The van der Waals surface area contributed by atoms with Crippen LogP contribution < -0.4 is 10.6 Å². The summed E-state index contributed by atoms with van der Waals surface area (Å²) in [6.45, 7) is 3.25. The van der Waals surface area contributed by atoms with Crippen LogP contribution in [0.3, 0.4) is 0 Å². The van der Waals surface area contributed by atoms with E-state index in [1.54, 1.807) is 12.1 Å². The highest BCUT2D eigenvalue weighted by molar-refractivity contribution is 6.38. The third kappa shape index (κ3) is 6.04. The number of halogens is 1. The average Bonchev–Trinajstić information content (AvgIpc) is 3.22. The van der Waals surface area contributed by atoms with Crippen LogP contribution in [0.5, 0.6) is 0 Å². The molecule has 1 saturated heterocycles. The Morgan fingerprint density at radius 2 is 1.65 bits per heavy atom. The van der Waals surface area contributed by atoms with Crippen LogP contribution in [0.15, 0.2) is 66.7 Å². The Kier molecular flexibility index (Phi) is 7.58. The number of nitrogens with one attached hydrogen (secondary N) is 2. The van der Waals surface area contributed by atoms with Gasteiger partial charge in [0.2, 0.25) is 0 Å². The molecule has 37 heavy (non-hydrogen) atoms. The van der Waals surface area contributed by atoms with Crippen molar-refractivity contribution >= 4 is 46.1 Å². The van der Waals surface area contributed by atoms with Crippen LogP contribution in [-0.4, -0.2) is 35.0 Å². The Bertz CT molecular complexity index is 1330. The van der Waals surface area contributed by atoms with E-state index >= 15 is 0 Å². The maximum atomic E-state index is 13.1. The SMILES string of the molecule is O=C(O)CCc1ccc(/C(Nc2ccc(CN3CCCCC3)cc2)=C2/C(=O)Nc3cc(Cl)ccc32)cc1. The summed E-state index contributed by atoms with van der Waals surface area (Å²) in [6.07, 6.45) is 4.38. The van der Waals surface area contributed by atoms with E-state index in [1.165, 1.54) is 24.8 Å². The first-order chi connectivity index (χ1) is 18.0. The van der Waals surface area contributed by atoms with Crippen molar-refractivity contribution in [2.24, 2.45) is 0 Å². The van der Waals surface area contributed by atoms with Crippen LogP contribution in [0, 0.1) is 0 Å². The number of aliphatic carboxylic acids is 1. The van der Waals surface area contributed by atoms with E-state index in [0.717, 1.165) is 42.0 Å². The van der Waals surface area contributed by atoms with Crippen molar-refractivity contribution in [1.29, 1.82) is 0 Å². The van der Waals surface area contributed by atoms with Gasteiger partial charge >= 0.3 is 5.97 Å². The molecule has 0 bridgehead atoms. The second-order valence-electron chi connectivity index (χ2n) is 9.64. The normalized spacial score (nSPS) is 16.7. The molecule has 2 aliphatic heterocycles. The average molecular weight is 516 g/mol. The predicted octanol–water partition coefficient (Wildman–Crippen LogP) is 6.28. The van der Waals surface area contributed by atoms with Crippen molar-refractivity contribution in [2.45, 2.75) is 38.6 Å². The number of carbonyl (C=O) groups excluding carboxylic acids is 1. The minimum absolute atomic E-state index is 0.0753. The molecule has 3 N–H and O–H groups in total. The Hall–Kier alpha value is -3.61. The predicted molar refractivity (Wildman–Crippen MR) is 148 cm³/mol. The second-order valence-corrected chi connectivity index (χ2v) is 10.1. The monoisotopic (exact) mass is 515 g/mol. The number of aryl methyl sites for hydroxylation is 1. The van der Waals surface area contributed by atoms with E-state index in [1.807, 2.05) is 30.3 Å². The largest absolute Gasteiger partial charge is 0.481 e. The maximum Gasteiger partial charge on any atom is 0.303 e. The fourth-order valence-electron chi connectivity index (χ4n) is 4.98. The summed E-state index contributed by atoms with van der Waals surface area (Å²) in [6, 6.07) is 21.5. The number of carboxylic acid groups (broad SMARTS) is 1. The smallest absolute Gasteiger partial charge is 0.303 e. The number of likely N-dealkylation sites (tertiary alicyclic amines) is 1. The van der Waals surface area contributed by atoms with E-state index in [0.29, 0.717) is 28.4 Å².